The second-order valence-corrected chi connectivity index (χ2v) is 6.22. The van der Waals surface area contributed by atoms with Crippen molar-refractivity contribution >= 4 is 22.9 Å². The predicted molar refractivity (Wildman–Crippen MR) is 67.7 cm³/mol. The Bertz CT molecular complexity index is 343. The maximum atomic E-state index is 6.18. The number of nitrogens with two attached hydrogens (primary N) is 1. The molecule has 1 aromatic heterocycles. The van der Waals surface area contributed by atoms with E-state index in [2.05, 4.69) is 19.9 Å². The molecule has 2 unspecified atom stereocenters. The van der Waals surface area contributed by atoms with Gasteiger partial charge in [-0.25, -0.2) is 0 Å². The van der Waals surface area contributed by atoms with E-state index < -0.39 is 0 Å². The highest BCUT2D eigenvalue weighted by Crippen LogP contribution is 2.57. The molecule has 1 aliphatic rings. The molecule has 84 valence electrons. The Morgan fingerprint density at radius 2 is 2.13 bits per heavy atom. The summed E-state index contributed by atoms with van der Waals surface area (Å²) in [7, 11) is 0. The van der Waals surface area contributed by atoms with Crippen LogP contribution in [0.1, 0.15) is 43.9 Å². The van der Waals surface area contributed by atoms with Crippen LogP contribution in [0.25, 0.3) is 0 Å². The molecular formula is C12H18ClNS. The first-order valence-corrected chi connectivity index (χ1v) is 6.84. The van der Waals surface area contributed by atoms with E-state index in [0.717, 1.165) is 10.8 Å². The maximum absolute atomic E-state index is 6.18. The Morgan fingerprint density at radius 3 is 2.53 bits per heavy atom. The fourth-order valence-electron chi connectivity index (χ4n) is 3.00. The van der Waals surface area contributed by atoms with Gasteiger partial charge in [0.15, 0.2) is 0 Å². The van der Waals surface area contributed by atoms with Crippen molar-refractivity contribution in [3.05, 3.63) is 21.3 Å². The number of thiophene rings is 1. The molecule has 1 fully saturated rings. The van der Waals surface area contributed by atoms with Crippen LogP contribution in [0.5, 0.6) is 0 Å². The Labute approximate surface area is 101 Å². The van der Waals surface area contributed by atoms with Gasteiger partial charge in [-0.3, -0.25) is 0 Å². The fraction of sp³-hybridized carbons (Fsp3) is 0.667. The highest BCUT2D eigenvalue weighted by molar-refractivity contribution is 7.16. The van der Waals surface area contributed by atoms with Crippen molar-refractivity contribution in [2.75, 3.05) is 0 Å². The first-order chi connectivity index (χ1) is 7.14. The highest BCUT2D eigenvalue weighted by atomic mass is 35.5. The molecule has 0 aliphatic heterocycles. The summed E-state index contributed by atoms with van der Waals surface area (Å²) < 4.78 is 0.895. The number of rotatable bonds is 3. The van der Waals surface area contributed by atoms with E-state index in [1.807, 2.05) is 6.07 Å². The van der Waals surface area contributed by atoms with Gasteiger partial charge in [-0.1, -0.05) is 25.4 Å². The van der Waals surface area contributed by atoms with E-state index in [9.17, 15) is 0 Å². The van der Waals surface area contributed by atoms with Crippen molar-refractivity contribution in [1.82, 2.24) is 0 Å². The highest BCUT2D eigenvalue weighted by Gasteiger charge is 2.51. The smallest absolute Gasteiger partial charge is 0.0931 e. The lowest BCUT2D eigenvalue weighted by molar-refractivity contribution is 0.0458. The fourth-order valence-corrected chi connectivity index (χ4v) is 4.30. The number of hydrogen-bond donors (Lipinski definition) is 1. The van der Waals surface area contributed by atoms with Crippen LogP contribution >= 0.6 is 22.9 Å². The molecule has 1 aliphatic carbocycles. The van der Waals surface area contributed by atoms with Gasteiger partial charge >= 0.3 is 0 Å². The Kier molecular flexibility index (Phi) is 3.11. The molecule has 0 saturated heterocycles. The van der Waals surface area contributed by atoms with Gasteiger partial charge in [0.05, 0.1) is 4.34 Å². The third kappa shape index (κ3) is 1.63. The van der Waals surface area contributed by atoms with Crippen molar-refractivity contribution in [3.8, 4) is 0 Å². The van der Waals surface area contributed by atoms with E-state index in [1.165, 1.54) is 17.7 Å². The van der Waals surface area contributed by atoms with Gasteiger partial charge in [-0.05, 0) is 36.8 Å². The van der Waals surface area contributed by atoms with E-state index in [0.29, 0.717) is 17.4 Å². The number of hydrogen-bond acceptors (Lipinski definition) is 2. The van der Waals surface area contributed by atoms with Crippen LogP contribution in [0.2, 0.25) is 4.34 Å². The van der Waals surface area contributed by atoms with E-state index in [4.69, 9.17) is 17.3 Å². The maximum Gasteiger partial charge on any atom is 0.0931 e. The zero-order chi connectivity index (χ0) is 11.1. The van der Waals surface area contributed by atoms with Crippen LogP contribution in [-0.2, 0) is 0 Å². The second kappa shape index (κ2) is 4.08. The van der Waals surface area contributed by atoms with Gasteiger partial charge in [0.25, 0.3) is 0 Å². The van der Waals surface area contributed by atoms with Gasteiger partial charge in [0, 0.05) is 16.8 Å². The molecular weight excluding hydrogens is 226 g/mol. The van der Waals surface area contributed by atoms with Crippen LogP contribution in [0.4, 0.5) is 0 Å². The Morgan fingerprint density at radius 1 is 1.47 bits per heavy atom. The monoisotopic (exact) mass is 243 g/mol. The van der Waals surface area contributed by atoms with Crippen molar-refractivity contribution in [2.24, 2.45) is 11.1 Å². The van der Waals surface area contributed by atoms with Gasteiger partial charge in [-0.15, -0.1) is 11.3 Å². The third-order valence-corrected chi connectivity index (χ3v) is 5.52. The molecule has 0 aromatic carbocycles. The normalized spacial score (nSPS) is 28.8. The summed E-state index contributed by atoms with van der Waals surface area (Å²) in [6.45, 7) is 4.51. The first-order valence-electron chi connectivity index (χ1n) is 5.65. The molecule has 2 atom stereocenters. The van der Waals surface area contributed by atoms with Gasteiger partial charge < -0.3 is 5.73 Å². The van der Waals surface area contributed by atoms with Crippen LogP contribution in [-0.4, -0.2) is 6.04 Å². The molecule has 3 heteroatoms. The van der Waals surface area contributed by atoms with Gasteiger partial charge in [-0.2, -0.15) is 0 Å². The standard InChI is InChI=1S/C12H18ClNS/c1-3-12(4-2)8(7-10(12)14)9-5-6-11(13)15-9/h5-6,8,10H,3-4,7,14H2,1-2H3. The third-order valence-electron chi connectivity index (χ3n) is 4.18. The molecule has 0 bridgehead atoms. The summed E-state index contributed by atoms with van der Waals surface area (Å²) in [5, 5.41) is 0. The number of halogens is 1. The molecule has 2 N–H and O–H groups in total. The van der Waals surface area contributed by atoms with Gasteiger partial charge in [0.2, 0.25) is 0 Å². The van der Waals surface area contributed by atoms with Crippen molar-refractivity contribution < 1.29 is 0 Å². The molecule has 1 saturated carbocycles. The first kappa shape index (κ1) is 11.4. The van der Waals surface area contributed by atoms with Gasteiger partial charge in [0.1, 0.15) is 0 Å². The Hall–Kier alpha value is -0.0500. The topological polar surface area (TPSA) is 26.0 Å². The molecule has 1 heterocycles. The molecule has 1 aromatic rings. The van der Waals surface area contributed by atoms with Crippen molar-refractivity contribution in [2.45, 2.75) is 45.1 Å². The summed E-state index contributed by atoms with van der Waals surface area (Å²) in [4.78, 5) is 1.42. The zero-order valence-electron chi connectivity index (χ0n) is 9.29. The molecule has 2 rings (SSSR count). The quantitative estimate of drug-likeness (QED) is 0.853. The zero-order valence-corrected chi connectivity index (χ0v) is 10.9. The van der Waals surface area contributed by atoms with Crippen molar-refractivity contribution in [1.29, 1.82) is 0 Å². The molecule has 15 heavy (non-hydrogen) atoms. The van der Waals surface area contributed by atoms with Crippen molar-refractivity contribution in [3.63, 3.8) is 0 Å². The van der Waals surface area contributed by atoms with Crippen LogP contribution in [0, 0.1) is 5.41 Å². The summed E-state index contributed by atoms with van der Waals surface area (Å²) in [5.41, 5.74) is 6.51. The van der Waals surface area contributed by atoms with E-state index >= 15 is 0 Å². The van der Waals surface area contributed by atoms with Crippen LogP contribution in [0.3, 0.4) is 0 Å². The molecule has 1 nitrogen and oxygen atoms in total. The average Bonchev–Trinajstić information content (AvgIpc) is 2.63. The Balaban J connectivity index is 2.25. The summed E-state index contributed by atoms with van der Waals surface area (Å²) >= 11 is 7.71. The minimum atomic E-state index is 0.328. The molecule has 0 spiro atoms. The van der Waals surface area contributed by atoms with E-state index in [-0.39, 0.29) is 0 Å². The summed E-state index contributed by atoms with van der Waals surface area (Å²) in [6, 6.07) is 4.55. The minimum absolute atomic E-state index is 0.328. The predicted octanol–water partition coefficient (Wildman–Crippen LogP) is 4.02. The lowest BCUT2D eigenvalue weighted by Crippen LogP contribution is -2.55. The summed E-state index contributed by atoms with van der Waals surface area (Å²) in [6.07, 6.45) is 3.47. The summed E-state index contributed by atoms with van der Waals surface area (Å²) in [5.74, 6) is 0.639. The average molecular weight is 244 g/mol. The minimum Gasteiger partial charge on any atom is -0.327 e. The van der Waals surface area contributed by atoms with Crippen LogP contribution < -0.4 is 5.73 Å². The molecule has 0 radical (unpaired) electrons. The SMILES string of the molecule is CCC1(CC)C(N)CC1c1ccc(Cl)s1. The second-order valence-electron chi connectivity index (χ2n) is 4.48. The largest absolute Gasteiger partial charge is 0.327 e. The lowest BCUT2D eigenvalue weighted by Gasteiger charge is -2.54. The molecule has 0 amide bonds. The van der Waals surface area contributed by atoms with E-state index in [1.54, 1.807) is 11.3 Å². The van der Waals surface area contributed by atoms with Crippen LogP contribution in [0.15, 0.2) is 12.1 Å². The lowest BCUT2D eigenvalue weighted by atomic mass is 9.53.